The molecular formula is C14H22N2O3S. The van der Waals surface area contributed by atoms with Crippen molar-refractivity contribution in [1.82, 2.24) is 0 Å². The fourth-order valence-corrected chi connectivity index (χ4v) is 2.66. The summed E-state index contributed by atoms with van der Waals surface area (Å²) in [6, 6.07) is 1.84. The van der Waals surface area contributed by atoms with E-state index in [1.807, 2.05) is 13.8 Å². The average molecular weight is 298 g/mol. The van der Waals surface area contributed by atoms with E-state index in [9.17, 15) is 9.59 Å². The van der Waals surface area contributed by atoms with E-state index in [1.165, 1.54) is 11.3 Å². The standard InChI is InChI=1S/C14H22N2O3S/c1-4-19-14(18)11-8-10(3)20-13(11)16-12(17)7-5-6-9(2)15/h8-9H,4-7,15H2,1-3H3,(H,16,17). The molecule has 1 atom stereocenters. The first kappa shape index (κ1) is 16.7. The molecule has 6 heteroatoms. The minimum Gasteiger partial charge on any atom is -0.462 e. The van der Waals surface area contributed by atoms with Crippen LogP contribution in [0.5, 0.6) is 0 Å². The molecule has 0 saturated carbocycles. The monoisotopic (exact) mass is 298 g/mol. The van der Waals surface area contributed by atoms with Crippen molar-refractivity contribution in [2.45, 2.75) is 46.1 Å². The smallest absolute Gasteiger partial charge is 0.341 e. The Hall–Kier alpha value is -1.40. The van der Waals surface area contributed by atoms with Crippen LogP contribution in [0.1, 0.15) is 48.3 Å². The molecule has 0 radical (unpaired) electrons. The quantitative estimate of drug-likeness (QED) is 0.758. The van der Waals surface area contributed by atoms with Gasteiger partial charge < -0.3 is 15.8 Å². The number of aryl methyl sites for hydroxylation is 1. The third-order valence-electron chi connectivity index (χ3n) is 2.67. The lowest BCUT2D eigenvalue weighted by Crippen LogP contribution is -2.17. The maximum atomic E-state index is 11.8. The Morgan fingerprint density at radius 2 is 2.20 bits per heavy atom. The van der Waals surface area contributed by atoms with Crippen LogP contribution >= 0.6 is 11.3 Å². The van der Waals surface area contributed by atoms with Gasteiger partial charge in [-0.1, -0.05) is 0 Å². The number of carbonyl (C=O) groups is 2. The Morgan fingerprint density at radius 1 is 1.50 bits per heavy atom. The maximum absolute atomic E-state index is 11.8. The first-order valence-electron chi connectivity index (χ1n) is 6.77. The van der Waals surface area contributed by atoms with E-state index in [0.717, 1.165) is 17.7 Å². The van der Waals surface area contributed by atoms with E-state index in [4.69, 9.17) is 10.5 Å². The van der Waals surface area contributed by atoms with Crippen molar-refractivity contribution in [2.24, 2.45) is 5.73 Å². The fourth-order valence-electron chi connectivity index (χ4n) is 1.74. The van der Waals surface area contributed by atoms with Gasteiger partial charge in [0.05, 0.1) is 12.2 Å². The Morgan fingerprint density at radius 3 is 2.80 bits per heavy atom. The normalized spacial score (nSPS) is 12.0. The van der Waals surface area contributed by atoms with Crippen LogP contribution in [0.2, 0.25) is 0 Å². The van der Waals surface area contributed by atoms with Crippen molar-refractivity contribution >= 4 is 28.2 Å². The summed E-state index contributed by atoms with van der Waals surface area (Å²) in [7, 11) is 0. The highest BCUT2D eigenvalue weighted by molar-refractivity contribution is 7.16. The number of thiophene rings is 1. The van der Waals surface area contributed by atoms with Crippen LogP contribution < -0.4 is 11.1 Å². The lowest BCUT2D eigenvalue weighted by atomic mass is 10.1. The Labute approximate surface area is 123 Å². The average Bonchev–Trinajstić information content (AvgIpc) is 2.70. The number of rotatable bonds is 7. The first-order valence-corrected chi connectivity index (χ1v) is 7.58. The van der Waals surface area contributed by atoms with Crippen molar-refractivity contribution in [2.75, 3.05) is 11.9 Å². The van der Waals surface area contributed by atoms with E-state index in [-0.39, 0.29) is 11.9 Å². The van der Waals surface area contributed by atoms with Crippen LogP contribution in [0.3, 0.4) is 0 Å². The van der Waals surface area contributed by atoms with E-state index in [2.05, 4.69) is 5.32 Å². The summed E-state index contributed by atoms with van der Waals surface area (Å²) < 4.78 is 4.98. The van der Waals surface area contributed by atoms with Gasteiger partial charge in [0, 0.05) is 17.3 Å². The molecule has 5 nitrogen and oxygen atoms in total. The largest absolute Gasteiger partial charge is 0.462 e. The van der Waals surface area contributed by atoms with E-state index >= 15 is 0 Å². The molecule has 0 bridgehead atoms. The van der Waals surface area contributed by atoms with Gasteiger partial charge in [0.1, 0.15) is 5.00 Å². The molecular weight excluding hydrogens is 276 g/mol. The van der Waals surface area contributed by atoms with Gasteiger partial charge in [-0.05, 0) is 39.7 Å². The van der Waals surface area contributed by atoms with Gasteiger partial charge in [-0.15, -0.1) is 11.3 Å². The fraction of sp³-hybridized carbons (Fsp3) is 0.571. The molecule has 20 heavy (non-hydrogen) atoms. The zero-order chi connectivity index (χ0) is 15.1. The molecule has 0 aromatic carbocycles. The van der Waals surface area contributed by atoms with Gasteiger partial charge in [0.25, 0.3) is 0 Å². The second-order valence-electron chi connectivity index (χ2n) is 4.74. The third kappa shape index (κ3) is 5.30. The molecule has 1 rings (SSSR count). The van der Waals surface area contributed by atoms with Gasteiger partial charge in [-0.3, -0.25) is 4.79 Å². The molecule has 0 aliphatic carbocycles. The summed E-state index contributed by atoms with van der Waals surface area (Å²) in [5, 5.41) is 3.34. The zero-order valence-corrected chi connectivity index (χ0v) is 13.0. The lowest BCUT2D eigenvalue weighted by Gasteiger charge is -2.07. The molecule has 0 aliphatic rings. The van der Waals surface area contributed by atoms with Gasteiger partial charge in [-0.25, -0.2) is 4.79 Å². The molecule has 1 heterocycles. The molecule has 0 saturated heterocycles. The second kappa shape index (κ2) is 8.01. The molecule has 0 spiro atoms. The highest BCUT2D eigenvalue weighted by Crippen LogP contribution is 2.28. The molecule has 1 unspecified atom stereocenters. The number of ether oxygens (including phenoxy) is 1. The number of carbonyl (C=O) groups excluding carboxylic acids is 2. The predicted octanol–water partition coefficient (Wildman–Crippen LogP) is 2.69. The van der Waals surface area contributed by atoms with Crippen molar-refractivity contribution in [3.63, 3.8) is 0 Å². The minimum atomic E-state index is -0.400. The molecule has 1 aromatic rings. The van der Waals surface area contributed by atoms with Crippen LogP contribution in [0.25, 0.3) is 0 Å². The van der Waals surface area contributed by atoms with Crippen LogP contribution in [-0.2, 0) is 9.53 Å². The summed E-state index contributed by atoms with van der Waals surface area (Å²) in [6.45, 7) is 5.87. The number of amides is 1. The van der Waals surface area contributed by atoms with E-state index < -0.39 is 5.97 Å². The Kier molecular flexibility index (Phi) is 6.67. The van der Waals surface area contributed by atoms with E-state index in [1.54, 1.807) is 13.0 Å². The van der Waals surface area contributed by atoms with Crippen molar-refractivity contribution in [1.29, 1.82) is 0 Å². The van der Waals surface area contributed by atoms with Crippen LogP contribution in [0.4, 0.5) is 5.00 Å². The van der Waals surface area contributed by atoms with Crippen molar-refractivity contribution < 1.29 is 14.3 Å². The lowest BCUT2D eigenvalue weighted by molar-refractivity contribution is -0.116. The van der Waals surface area contributed by atoms with Gasteiger partial charge in [0.15, 0.2) is 0 Å². The molecule has 0 aliphatic heterocycles. The Bertz CT molecular complexity index is 469. The summed E-state index contributed by atoms with van der Waals surface area (Å²) in [5.74, 6) is -0.499. The summed E-state index contributed by atoms with van der Waals surface area (Å²) >= 11 is 1.38. The number of nitrogens with two attached hydrogens (primary N) is 1. The van der Waals surface area contributed by atoms with Crippen LogP contribution in [0, 0.1) is 6.92 Å². The number of esters is 1. The first-order chi connectivity index (χ1) is 9.43. The topological polar surface area (TPSA) is 81.4 Å². The predicted molar refractivity (Wildman–Crippen MR) is 81.1 cm³/mol. The summed E-state index contributed by atoms with van der Waals surface area (Å²) in [4.78, 5) is 24.6. The summed E-state index contributed by atoms with van der Waals surface area (Å²) in [5.41, 5.74) is 6.07. The van der Waals surface area contributed by atoms with Crippen LogP contribution in [-0.4, -0.2) is 24.5 Å². The zero-order valence-electron chi connectivity index (χ0n) is 12.2. The third-order valence-corrected chi connectivity index (χ3v) is 3.63. The van der Waals surface area contributed by atoms with Gasteiger partial charge in [-0.2, -0.15) is 0 Å². The Balaban J connectivity index is 2.62. The van der Waals surface area contributed by atoms with Crippen LogP contribution in [0.15, 0.2) is 6.07 Å². The highest BCUT2D eigenvalue weighted by atomic mass is 32.1. The number of hydrogen-bond donors (Lipinski definition) is 2. The number of anilines is 1. The second-order valence-corrected chi connectivity index (χ2v) is 5.99. The molecule has 3 N–H and O–H groups in total. The molecule has 1 aromatic heterocycles. The van der Waals surface area contributed by atoms with Crippen molar-refractivity contribution in [3.05, 3.63) is 16.5 Å². The van der Waals surface area contributed by atoms with Crippen molar-refractivity contribution in [3.8, 4) is 0 Å². The summed E-state index contributed by atoms with van der Waals surface area (Å²) in [6.07, 6.45) is 1.95. The number of nitrogens with one attached hydrogen (secondary N) is 1. The molecule has 112 valence electrons. The maximum Gasteiger partial charge on any atom is 0.341 e. The van der Waals surface area contributed by atoms with Gasteiger partial charge in [0.2, 0.25) is 5.91 Å². The van der Waals surface area contributed by atoms with E-state index in [0.29, 0.717) is 23.6 Å². The number of hydrogen-bond acceptors (Lipinski definition) is 5. The molecule has 0 fully saturated rings. The minimum absolute atomic E-state index is 0.0990. The highest BCUT2D eigenvalue weighted by Gasteiger charge is 2.17. The SMILES string of the molecule is CCOC(=O)c1cc(C)sc1NC(=O)CCCC(C)N. The van der Waals surface area contributed by atoms with Gasteiger partial charge >= 0.3 is 5.97 Å². The molecule has 1 amide bonds.